The number of aromatic nitrogens is 3. The maximum atomic E-state index is 12.2. The second kappa shape index (κ2) is 11.9. The van der Waals surface area contributed by atoms with Crippen LogP contribution in [-0.2, 0) is 17.9 Å². The number of hydrogen-bond donors (Lipinski definition) is 2. The molecule has 0 aliphatic carbocycles. The van der Waals surface area contributed by atoms with E-state index in [1.807, 2.05) is 24.8 Å². The third-order valence-electron chi connectivity index (χ3n) is 4.90. The number of guanidine groups is 1. The summed E-state index contributed by atoms with van der Waals surface area (Å²) >= 11 is 0. The van der Waals surface area contributed by atoms with Gasteiger partial charge in [-0.3, -0.25) is 4.79 Å². The lowest BCUT2D eigenvalue weighted by Gasteiger charge is -2.20. The van der Waals surface area contributed by atoms with E-state index in [1.54, 1.807) is 17.3 Å². The molecule has 164 valence electrons. The lowest BCUT2D eigenvalue weighted by atomic mass is 10.1. The van der Waals surface area contributed by atoms with Gasteiger partial charge in [0.25, 0.3) is 0 Å². The average molecular weight is 525 g/mol. The first-order valence-electron chi connectivity index (χ1n) is 10.3. The van der Waals surface area contributed by atoms with Gasteiger partial charge in [-0.1, -0.05) is 38.1 Å². The van der Waals surface area contributed by atoms with Gasteiger partial charge in [0.15, 0.2) is 5.96 Å². The first-order valence-corrected chi connectivity index (χ1v) is 10.3. The Hall–Kier alpha value is -2.17. The highest BCUT2D eigenvalue weighted by Crippen LogP contribution is 2.13. The van der Waals surface area contributed by atoms with E-state index >= 15 is 0 Å². The molecule has 2 aromatic rings. The van der Waals surface area contributed by atoms with Crippen LogP contribution in [0.3, 0.4) is 0 Å². The molecule has 3 rings (SSSR count). The molecule has 9 heteroatoms. The highest BCUT2D eigenvalue weighted by atomic mass is 127. The number of aliphatic imine (C=N–C) groups is 1. The summed E-state index contributed by atoms with van der Waals surface area (Å²) in [5.41, 5.74) is 2.31. The van der Waals surface area contributed by atoms with Gasteiger partial charge in [0.2, 0.25) is 5.91 Å². The molecule has 0 bridgehead atoms. The van der Waals surface area contributed by atoms with Crippen molar-refractivity contribution in [3.05, 3.63) is 48.0 Å². The first kappa shape index (κ1) is 24.1. The predicted octanol–water partition coefficient (Wildman–Crippen LogP) is 2.26. The van der Waals surface area contributed by atoms with Gasteiger partial charge in [0, 0.05) is 31.6 Å². The molecule has 30 heavy (non-hydrogen) atoms. The monoisotopic (exact) mass is 525 g/mol. The summed E-state index contributed by atoms with van der Waals surface area (Å²) in [6.45, 7) is 9.56. The summed E-state index contributed by atoms with van der Waals surface area (Å²) in [6, 6.07) is 8.58. The Bertz CT molecular complexity index is 823. The predicted molar refractivity (Wildman–Crippen MR) is 129 cm³/mol. The molecule has 1 aliphatic rings. The smallest absolute Gasteiger partial charge is 0.225 e. The molecule has 1 amide bonds. The second-order valence-electron chi connectivity index (χ2n) is 7.68. The number of benzene rings is 1. The van der Waals surface area contributed by atoms with E-state index in [0.717, 1.165) is 37.6 Å². The van der Waals surface area contributed by atoms with Crippen LogP contribution in [0.1, 0.15) is 38.3 Å². The Kier molecular flexibility index (Phi) is 9.54. The highest BCUT2D eigenvalue weighted by Gasteiger charge is 2.27. The van der Waals surface area contributed by atoms with Crippen LogP contribution in [-0.4, -0.2) is 57.2 Å². The molecule has 1 saturated heterocycles. The number of hydrogen-bond acceptors (Lipinski definition) is 4. The van der Waals surface area contributed by atoms with E-state index in [0.29, 0.717) is 13.1 Å². The molecule has 1 fully saturated rings. The van der Waals surface area contributed by atoms with Gasteiger partial charge < -0.3 is 15.5 Å². The minimum absolute atomic E-state index is 0. The molecule has 2 N–H and O–H groups in total. The second-order valence-corrected chi connectivity index (χ2v) is 7.68. The Balaban J connectivity index is 0.00000320. The summed E-state index contributed by atoms with van der Waals surface area (Å²) in [5, 5.41) is 11.0. The fourth-order valence-electron chi connectivity index (χ4n) is 3.45. The average Bonchev–Trinajstić information content (AvgIpc) is 3.38. The lowest BCUT2D eigenvalue weighted by molar-refractivity contribution is -0.133. The van der Waals surface area contributed by atoms with E-state index in [4.69, 9.17) is 4.99 Å². The van der Waals surface area contributed by atoms with Gasteiger partial charge >= 0.3 is 0 Å². The van der Waals surface area contributed by atoms with Crippen LogP contribution in [0.2, 0.25) is 0 Å². The minimum Gasteiger partial charge on any atom is -0.357 e. The van der Waals surface area contributed by atoms with E-state index in [-0.39, 0.29) is 41.8 Å². The molecular weight excluding hydrogens is 493 g/mol. The highest BCUT2D eigenvalue weighted by molar-refractivity contribution is 14.0. The third kappa shape index (κ3) is 6.96. The van der Waals surface area contributed by atoms with Crippen molar-refractivity contribution in [3.8, 4) is 0 Å². The van der Waals surface area contributed by atoms with E-state index < -0.39 is 0 Å². The Morgan fingerprint density at radius 2 is 2.13 bits per heavy atom. The zero-order chi connectivity index (χ0) is 20.6. The standard InChI is InChI=1S/C21H31N7O.HI/c1-4-23-21(26-19-8-9-27(13-19)20(29)16(2)3)24-11-17-6-5-7-18(10-17)12-28-15-22-14-25-28;/h5-7,10,14-16,19H,4,8-9,11-13H2,1-3H3,(H2,23,24,26);1H. The van der Waals surface area contributed by atoms with E-state index in [2.05, 4.69) is 45.8 Å². The largest absolute Gasteiger partial charge is 0.357 e. The SMILES string of the molecule is CCNC(=NCc1cccc(Cn2cncn2)c1)NC1CCN(C(=O)C(C)C)C1.I. The molecule has 1 atom stereocenters. The number of rotatable bonds is 7. The van der Waals surface area contributed by atoms with Crippen molar-refractivity contribution < 1.29 is 4.79 Å². The fourth-order valence-corrected chi connectivity index (χ4v) is 3.45. The molecule has 1 aromatic heterocycles. The molecule has 0 radical (unpaired) electrons. The van der Waals surface area contributed by atoms with Gasteiger partial charge in [-0.25, -0.2) is 14.7 Å². The van der Waals surface area contributed by atoms with Crippen LogP contribution >= 0.6 is 24.0 Å². The topological polar surface area (TPSA) is 87.4 Å². The molecule has 1 aliphatic heterocycles. The molecule has 0 saturated carbocycles. The number of carbonyl (C=O) groups is 1. The Morgan fingerprint density at radius 1 is 1.33 bits per heavy atom. The zero-order valence-electron chi connectivity index (χ0n) is 17.9. The van der Waals surface area contributed by atoms with Crippen molar-refractivity contribution in [2.75, 3.05) is 19.6 Å². The van der Waals surface area contributed by atoms with Gasteiger partial charge in [-0.05, 0) is 24.5 Å². The van der Waals surface area contributed by atoms with Crippen LogP contribution in [0.15, 0.2) is 41.9 Å². The van der Waals surface area contributed by atoms with Crippen LogP contribution < -0.4 is 10.6 Å². The molecule has 1 unspecified atom stereocenters. The first-order chi connectivity index (χ1) is 14.0. The van der Waals surface area contributed by atoms with E-state index in [9.17, 15) is 4.79 Å². The Labute approximate surface area is 195 Å². The Morgan fingerprint density at radius 3 is 2.83 bits per heavy atom. The number of nitrogens with zero attached hydrogens (tertiary/aromatic N) is 5. The number of amides is 1. The quantitative estimate of drug-likeness (QED) is 0.329. The molecule has 2 heterocycles. The van der Waals surface area contributed by atoms with Crippen LogP contribution in [0, 0.1) is 5.92 Å². The third-order valence-corrected chi connectivity index (χ3v) is 4.90. The van der Waals surface area contributed by atoms with Gasteiger partial charge in [0.05, 0.1) is 13.1 Å². The number of nitrogens with one attached hydrogen (secondary N) is 2. The molecule has 1 aromatic carbocycles. The van der Waals surface area contributed by atoms with Crippen molar-refractivity contribution >= 4 is 35.8 Å². The maximum absolute atomic E-state index is 12.2. The van der Waals surface area contributed by atoms with Crippen molar-refractivity contribution in [2.45, 2.75) is 46.3 Å². The molecule has 8 nitrogen and oxygen atoms in total. The minimum atomic E-state index is 0. The van der Waals surface area contributed by atoms with Crippen molar-refractivity contribution in [1.29, 1.82) is 0 Å². The molecular formula is C21H32IN7O. The van der Waals surface area contributed by atoms with E-state index in [1.165, 1.54) is 5.56 Å². The normalized spacial score (nSPS) is 16.5. The van der Waals surface area contributed by atoms with Crippen molar-refractivity contribution in [2.24, 2.45) is 10.9 Å². The van der Waals surface area contributed by atoms with Crippen LogP contribution in [0.4, 0.5) is 0 Å². The molecule has 0 spiro atoms. The van der Waals surface area contributed by atoms with Gasteiger partial charge in [-0.2, -0.15) is 5.10 Å². The maximum Gasteiger partial charge on any atom is 0.225 e. The summed E-state index contributed by atoms with van der Waals surface area (Å²) in [4.78, 5) is 22.9. The van der Waals surface area contributed by atoms with Crippen LogP contribution in [0.25, 0.3) is 0 Å². The van der Waals surface area contributed by atoms with Crippen molar-refractivity contribution in [1.82, 2.24) is 30.3 Å². The van der Waals surface area contributed by atoms with Crippen molar-refractivity contribution in [3.63, 3.8) is 0 Å². The van der Waals surface area contributed by atoms with Gasteiger partial charge in [-0.15, -0.1) is 24.0 Å². The number of carbonyl (C=O) groups excluding carboxylic acids is 1. The number of likely N-dealkylation sites (tertiary alicyclic amines) is 1. The summed E-state index contributed by atoms with van der Waals surface area (Å²) in [6.07, 6.45) is 4.20. The summed E-state index contributed by atoms with van der Waals surface area (Å²) in [7, 11) is 0. The van der Waals surface area contributed by atoms with Crippen LogP contribution in [0.5, 0.6) is 0 Å². The zero-order valence-corrected chi connectivity index (χ0v) is 20.2. The fraction of sp³-hybridized carbons (Fsp3) is 0.524. The summed E-state index contributed by atoms with van der Waals surface area (Å²) < 4.78 is 1.80. The van der Waals surface area contributed by atoms with Gasteiger partial charge in [0.1, 0.15) is 12.7 Å². The number of halogens is 1. The summed E-state index contributed by atoms with van der Waals surface area (Å²) in [5.74, 6) is 1.05. The lowest BCUT2D eigenvalue weighted by Crippen LogP contribution is -2.45.